The molecular formula is C20H24N6O2. The molecule has 146 valence electrons. The summed E-state index contributed by atoms with van der Waals surface area (Å²) in [5.74, 6) is 1.26. The molecule has 3 aromatic heterocycles. The normalized spacial score (nSPS) is 11.9. The number of pyridine rings is 1. The van der Waals surface area contributed by atoms with Gasteiger partial charge in [0.25, 0.3) is 5.88 Å². The van der Waals surface area contributed by atoms with Crippen LogP contribution in [0.2, 0.25) is 0 Å². The third kappa shape index (κ3) is 4.01. The number of fused-ring (bicyclic) bond motifs is 1. The largest absolute Gasteiger partial charge is 0.480 e. The monoisotopic (exact) mass is 380 g/mol. The van der Waals surface area contributed by atoms with Crippen molar-refractivity contribution in [3.8, 4) is 23.1 Å². The van der Waals surface area contributed by atoms with Crippen molar-refractivity contribution in [3.63, 3.8) is 0 Å². The molecule has 3 rings (SSSR count). The van der Waals surface area contributed by atoms with Gasteiger partial charge in [0.05, 0.1) is 25.3 Å². The maximum absolute atomic E-state index is 5.80. The second-order valence-corrected chi connectivity index (χ2v) is 5.96. The average molecular weight is 380 g/mol. The first-order valence-electron chi connectivity index (χ1n) is 9.07. The van der Waals surface area contributed by atoms with E-state index in [1.54, 1.807) is 36.3 Å². The molecule has 0 unspecified atom stereocenters. The molecule has 8 nitrogen and oxygen atoms in total. The molecule has 28 heavy (non-hydrogen) atoms. The minimum atomic E-state index is -0.0394. The zero-order valence-electron chi connectivity index (χ0n) is 16.1. The lowest BCUT2D eigenvalue weighted by Gasteiger charge is -2.16. The van der Waals surface area contributed by atoms with Crippen LogP contribution in [0.5, 0.6) is 11.8 Å². The number of rotatable bonds is 10. The van der Waals surface area contributed by atoms with Gasteiger partial charge in [0.15, 0.2) is 5.82 Å². The van der Waals surface area contributed by atoms with Crippen molar-refractivity contribution < 1.29 is 9.47 Å². The molecule has 0 amide bonds. The molecule has 0 saturated heterocycles. The maximum Gasteiger partial charge on any atom is 0.261 e. The Morgan fingerprint density at radius 2 is 2.14 bits per heavy atom. The van der Waals surface area contributed by atoms with Crippen LogP contribution in [0, 0.1) is 0 Å². The molecule has 3 heterocycles. The molecule has 0 fully saturated rings. The summed E-state index contributed by atoms with van der Waals surface area (Å²) >= 11 is 0. The fourth-order valence-electron chi connectivity index (χ4n) is 2.77. The Labute approximate surface area is 164 Å². The van der Waals surface area contributed by atoms with Crippen LogP contribution in [0.15, 0.2) is 50.0 Å². The van der Waals surface area contributed by atoms with Crippen LogP contribution in [-0.2, 0) is 0 Å². The second-order valence-electron chi connectivity index (χ2n) is 5.96. The maximum atomic E-state index is 5.80. The Balaban J connectivity index is 2.09. The van der Waals surface area contributed by atoms with E-state index in [0.717, 1.165) is 12.1 Å². The van der Waals surface area contributed by atoms with Crippen molar-refractivity contribution in [3.05, 3.63) is 55.5 Å². The third-order valence-corrected chi connectivity index (χ3v) is 4.11. The molecule has 0 aromatic carbocycles. The summed E-state index contributed by atoms with van der Waals surface area (Å²) in [7, 11) is 1.57. The van der Waals surface area contributed by atoms with Gasteiger partial charge in [-0.3, -0.25) is 0 Å². The van der Waals surface area contributed by atoms with Crippen molar-refractivity contribution in [1.29, 1.82) is 0 Å². The Morgan fingerprint density at radius 1 is 1.29 bits per heavy atom. The van der Waals surface area contributed by atoms with Gasteiger partial charge in [-0.1, -0.05) is 19.1 Å². The molecule has 0 saturated carbocycles. The molecule has 0 spiro atoms. The Hall–Kier alpha value is -3.26. The summed E-state index contributed by atoms with van der Waals surface area (Å²) in [6.07, 6.45) is 9.48. The van der Waals surface area contributed by atoms with Gasteiger partial charge in [-0.15, -0.1) is 18.3 Å². The molecular weight excluding hydrogens is 356 g/mol. The predicted octanol–water partition coefficient (Wildman–Crippen LogP) is 2.99. The van der Waals surface area contributed by atoms with Gasteiger partial charge in [-0.05, 0) is 24.6 Å². The summed E-state index contributed by atoms with van der Waals surface area (Å²) in [5, 5.41) is 7.90. The van der Waals surface area contributed by atoms with E-state index in [1.807, 2.05) is 19.1 Å². The van der Waals surface area contributed by atoms with Gasteiger partial charge < -0.3 is 14.8 Å². The fourth-order valence-corrected chi connectivity index (χ4v) is 2.77. The van der Waals surface area contributed by atoms with E-state index in [9.17, 15) is 0 Å². The second kappa shape index (κ2) is 9.09. The van der Waals surface area contributed by atoms with Crippen molar-refractivity contribution >= 4 is 5.65 Å². The predicted molar refractivity (Wildman–Crippen MR) is 107 cm³/mol. The first-order valence-corrected chi connectivity index (χ1v) is 9.07. The van der Waals surface area contributed by atoms with Gasteiger partial charge in [0.2, 0.25) is 11.5 Å². The highest BCUT2D eigenvalue weighted by Crippen LogP contribution is 2.30. The van der Waals surface area contributed by atoms with Crippen LogP contribution in [0.4, 0.5) is 0 Å². The highest BCUT2D eigenvalue weighted by atomic mass is 16.5. The number of methoxy groups -OCH3 is 1. The van der Waals surface area contributed by atoms with E-state index in [4.69, 9.17) is 9.47 Å². The van der Waals surface area contributed by atoms with Crippen LogP contribution < -0.4 is 14.8 Å². The van der Waals surface area contributed by atoms with E-state index in [0.29, 0.717) is 41.8 Å². The van der Waals surface area contributed by atoms with Crippen molar-refractivity contribution in [1.82, 2.24) is 29.9 Å². The zero-order chi connectivity index (χ0) is 19.9. The standard InChI is InChI=1S/C20H24N6O2/c1-5-8-11-28-20-18-22-9-10-26(18)25-17(24-20)15-12-14(13-23-19(15)27-4)16(6-2)21-7-3/h5-6,9-10,12-13,16,21H,1-2,7-8,11H2,3-4H3/t16-/m1/s1. The Morgan fingerprint density at radius 3 is 2.86 bits per heavy atom. The van der Waals surface area contributed by atoms with E-state index < -0.39 is 0 Å². The number of likely N-dealkylation sites (N-methyl/N-ethyl adjacent to an activating group) is 1. The van der Waals surface area contributed by atoms with E-state index in [1.165, 1.54) is 0 Å². The van der Waals surface area contributed by atoms with Crippen molar-refractivity contribution in [2.75, 3.05) is 20.3 Å². The number of hydrogen-bond donors (Lipinski definition) is 1. The van der Waals surface area contributed by atoms with Crippen molar-refractivity contribution in [2.45, 2.75) is 19.4 Å². The summed E-state index contributed by atoms with van der Waals surface area (Å²) in [6.45, 7) is 10.9. The van der Waals surface area contributed by atoms with Gasteiger partial charge in [-0.2, -0.15) is 4.98 Å². The number of nitrogens with zero attached hydrogens (tertiary/aromatic N) is 5. The van der Waals surface area contributed by atoms with E-state index >= 15 is 0 Å². The van der Waals surface area contributed by atoms with Gasteiger partial charge in [0, 0.05) is 18.6 Å². The summed E-state index contributed by atoms with van der Waals surface area (Å²) in [6, 6.07) is 1.91. The van der Waals surface area contributed by atoms with Crippen LogP contribution in [0.25, 0.3) is 17.0 Å². The van der Waals surface area contributed by atoms with E-state index in [-0.39, 0.29) is 6.04 Å². The molecule has 1 N–H and O–H groups in total. The zero-order valence-corrected chi connectivity index (χ0v) is 16.1. The third-order valence-electron chi connectivity index (χ3n) is 4.11. The lowest BCUT2D eigenvalue weighted by Crippen LogP contribution is -2.19. The molecule has 1 atom stereocenters. The lowest BCUT2D eigenvalue weighted by atomic mass is 10.1. The highest BCUT2D eigenvalue weighted by Gasteiger charge is 2.18. The SMILES string of the molecule is C=CCCOc1nc(-c2cc([C@@H](C=C)NCC)cnc2OC)nn2ccnc12. The number of aromatic nitrogens is 5. The number of ether oxygens (including phenoxy) is 2. The Kier molecular flexibility index (Phi) is 6.33. The lowest BCUT2D eigenvalue weighted by molar-refractivity contribution is 0.313. The molecule has 0 bridgehead atoms. The van der Waals surface area contributed by atoms with Crippen LogP contribution in [0.3, 0.4) is 0 Å². The smallest absolute Gasteiger partial charge is 0.261 e. The average Bonchev–Trinajstić information content (AvgIpc) is 3.20. The molecule has 8 heteroatoms. The molecule has 0 radical (unpaired) electrons. The van der Waals surface area contributed by atoms with Crippen LogP contribution in [-0.4, -0.2) is 44.8 Å². The van der Waals surface area contributed by atoms with E-state index in [2.05, 4.69) is 38.5 Å². The highest BCUT2D eigenvalue weighted by molar-refractivity contribution is 5.64. The van der Waals surface area contributed by atoms with Crippen molar-refractivity contribution in [2.24, 2.45) is 0 Å². The van der Waals surface area contributed by atoms with Crippen LogP contribution >= 0.6 is 0 Å². The summed E-state index contributed by atoms with van der Waals surface area (Å²) in [5.41, 5.74) is 2.15. The first-order chi connectivity index (χ1) is 13.7. The number of imidazole rings is 1. The first kappa shape index (κ1) is 19.5. The van der Waals surface area contributed by atoms with Gasteiger partial charge in [-0.25, -0.2) is 14.5 Å². The number of hydrogen-bond acceptors (Lipinski definition) is 7. The minimum Gasteiger partial charge on any atom is -0.480 e. The van der Waals surface area contributed by atoms with Gasteiger partial charge in [0.1, 0.15) is 0 Å². The van der Waals surface area contributed by atoms with Gasteiger partial charge >= 0.3 is 0 Å². The molecule has 0 aliphatic heterocycles. The summed E-state index contributed by atoms with van der Waals surface area (Å²) in [4.78, 5) is 13.3. The number of nitrogens with one attached hydrogen (secondary N) is 1. The Bertz CT molecular complexity index is 968. The molecule has 0 aliphatic carbocycles. The fraction of sp³-hybridized carbons (Fsp3) is 0.300. The quantitative estimate of drug-likeness (QED) is 0.427. The molecule has 0 aliphatic rings. The topological polar surface area (TPSA) is 86.5 Å². The minimum absolute atomic E-state index is 0.0394. The molecule has 3 aromatic rings. The summed E-state index contributed by atoms with van der Waals surface area (Å²) < 4.78 is 12.9. The van der Waals surface area contributed by atoms with Crippen LogP contribution in [0.1, 0.15) is 24.9 Å².